The van der Waals surface area contributed by atoms with E-state index in [-0.39, 0.29) is 18.2 Å². The third-order valence-electron chi connectivity index (χ3n) is 2.15. The van der Waals surface area contributed by atoms with Crippen LogP contribution in [0.2, 0.25) is 5.02 Å². The highest BCUT2D eigenvalue weighted by molar-refractivity contribution is 7.10. The van der Waals surface area contributed by atoms with Crippen LogP contribution in [0, 0.1) is 5.82 Å². The van der Waals surface area contributed by atoms with Gasteiger partial charge < -0.3 is 5.73 Å². The zero-order valence-corrected chi connectivity index (χ0v) is 10.6. The van der Waals surface area contributed by atoms with Crippen LogP contribution in [0.15, 0.2) is 35.7 Å². The van der Waals surface area contributed by atoms with Gasteiger partial charge in [-0.3, -0.25) is 0 Å². The van der Waals surface area contributed by atoms with Crippen molar-refractivity contribution in [1.29, 1.82) is 0 Å². The first-order chi connectivity index (χ1) is 7.18. The Kier molecular flexibility index (Phi) is 4.74. The van der Waals surface area contributed by atoms with Gasteiger partial charge in [0.1, 0.15) is 5.82 Å². The van der Waals surface area contributed by atoms with Crippen LogP contribution in [0.1, 0.15) is 16.5 Å². The van der Waals surface area contributed by atoms with Crippen molar-refractivity contribution in [3.8, 4) is 0 Å². The van der Waals surface area contributed by atoms with Gasteiger partial charge in [0.25, 0.3) is 0 Å². The number of nitrogens with two attached hydrogens (primary N) is 1. The molecule has 1 aromatic heterocycles. The summed E-state index contributed by atoms with van der Waals surface area (Å²) in [6.45, 7) is 0. The van der Waals surface area contributed by atoms with Crippen LogP contribution in [-0.2, 0) is 0 Å². The fraction of sp³-hybridized carbons (Fsp3) is 0.0909. The molecule has 1 atom stereocenters. The average molecular weight is 278 g/mol. The molecule has 1 nitrogen and oxygen atoms in total. The van der Waals surface area contributed by atoms with E-state index in [4.69, 9.17) is 17.3 Å². The molecule has 5 heteroatoms. The average Bonchev–Trinajstić information content (AvgIpc) is 2.69. The van der Waals surface area contributed by atoms with Gasteiger partial charge in [0, 0.05) is 15.5 Å². The Balaban J connectivity index is 0.00000128. The SMILES string of the molecule is Cl.N[C@@H](c1cccs1)c1ccc(Cl)cc1F. The third-order valence-corrected chi connectivity index (χ3v) is 3.34. The van der Waals surface area contributed by atoms with Crippen molar-refractivity contribution in [3.05, 3.63) is 57.0 Å². The van der Waals surface area contributed by atoms with E-state index in [1.54, 1.807) is 12.1 Å². The molecule has 0 spiro atoms. The number of hydrogen-bond acceptors (Lipinski definition) is 2. The smallest absolute Gasteiger partial charge is 0.129 e. The Morgan fingerprint density at radius 1 is 1.31 bits per heavy atom. The van der Waals surface area contributed by atoms with Crippen molar-refractivity contribution in [2.45, 2.75) is 6.04 Å². The normalized spacial score (nSPS) is 11.9. The molecule has 0 bridgehead atoms. The van der Waals surface area contributed by atoms with Crippen molar-refractivity contribution >= 4 is 35.3 Å². The van der Waals surface area contributed by atoms with Crippen LogP contribution in [0.5, 0.6) is 0 Å². The second-order valence-corrected chi connectivity index (χ2v) is 4.57. The van der Waals surface area contributed by atoms with E-state index in [0.29, 0.717) is 10.6 Å². The summed E-state index contributed by atoms with van der Waals surface area (Å²) < 4.78 is 13.5. The zero-order chi connectivity index (χ0) is 10.8. The molecule has 1 aromatic carbocycles. The summed E-state index contributed by atoms with van der Waals surface area (Å²) in [5.74, 6) is -0.358. The zero-order valence-electron chi connectivity index (χ0n) is 8.19. The van der Waals surface area contributed by atoms with Gasteiger partial charge >= 0.3 is 0 Å². The standard InChI is InChI=1S/C11H9ClFNS.ClH/c12-7-3-4-8(9(13)6-7)11(14)10-2-1-5-15-10;/h1-6,11H,14H2;1H/t11-;/m1./s1. The molecule has 0 unspecified atom stereocenters. The molecule has 0 saturated carbocycles. The minimum Gasteiger partial charge on any atom is -0.320 e. The van der Waals surface area contributed by atoms with Crippen LogP contribution < -0.4 is 5.73 Å². The van der Waals surface area contributed by atoms with Crippen molar-refractivity contribution in [3.63, 3.8) is 0 Å². The lowest BCUT2D eigenvalue weighted by atomic mass is 10.1. The first-order valence-corrected chi connectivity index (χ1v) is 5.68. The quantitative estimate of drug-likeness (QED) is 0.882. The van der Waals surface area contributed by atoms with E-state index in [1.807, 2.05) is 17.5 Å². The molecule has 0 fully saturated rings. The van der Waals surface area contributed by atoms with Crippen LogP contribution >= 0.6 is 35.3 Å². The number of thiophene rings is 1. The molecular weight excluding hydrogens is 268 g/mol. The van der Waals surface area contributed by atoms with Crippen LogP contribution in [0.4, 0.5) is 4.39 Å². The van der Waals surface area contributed by atoms with Crippen molar-refractivity contribution in [2.75, 3.05) is 0 Å². The van der Waals surface area contributed by atoms with E-state index in [1.165, 1.54) is 17.4 Å². The molecule has 2 rings (SSSR count). The van der Waals surface area contributed by atoms with Gasteiger partial charge in [-0.25, -0.2) is 4.39 Å². The molecular formula is C11H10Cl2FNS. The maximum Gasteiger partial charge on any atom is 0.129 e. The largest absolute Gasteiger partial charge is 0.320 e. The highest BCUT2D eigenvalue weighted by atomic mass is 35.5. The maximum atomic E-state index is 13.5. The summed E-state index contributed by atoms with van der Waals surface area (Å²) in [5.41, 5.74) is 6.41. The minimum atomic E-state index is -0.415. The van der Waals surface area contributed by atoms with Gasteiger partial charge in [-0.15, -0.1) is 23.7 Å². The Morgan fingerprint density at radius 2 is 2.06 bits per heavy atom. The molecule has 0 radical (unpaired) electrons. The molecule has 2 N–H and O–H groups in total. The van der Waals surface area contributed by atoms with E-state index in [2.05, 4.69) is 0 Å². The lowest BCUT2D eigenvalue weighted by Gasteiger charge is -2.11. The minimum absolute atomic E-state index is 0. The highest BCUT2D eigenvalue weighted by Crippen LogP contribution is 2.26. The van der Waals surface area contributed by atoms with E-state index in [9.17, 15) is 4.39 Å². The van der Waals surface area contributed by atoms with E-state index >= 15 is 0 Å². The Bertz CT molecular complexity index is 459. The second kappa shape index (κ2) is 5.64. The third kappa shape index (κ3) is 2.74. The first-order valence-electron chi connectivity index (χ1n) is 4.42. The summed E-state index contributed by atoms with van der Waals surface area (Å²) in [7, 11) is 0. The Labute approximate surface area is 108 Å². The van der Waals surface area contributed by atoms with Crippen LogP contribution in [0.3, 0.4) is 0 Å². The summed E-state index contributed by atoms with van der Waals surface area (Å²) in [5, 5.41) is 2.30. The maximum absolute atomic E-state index is 13.5. The molecule has 0 saturated heterocycles. The van der Waals surface area contributed by atoms with E-state index in [0.717, 1.165) is 4.88 Å². The van der Waals surface area contributed by atoms with Gasteiger partial charge in [-0.1, -0.05) is 23.7 Å². The van der Waals surface area contributed by atoms with Crippen molar-refractivity contribution in [1.82, 2.24) is 0 Å². The van der Waals surface area contributed by atoms with Gasteiger partial charge in [0.2, 0.25) is 0 Å². The van der Waals surface area contributed by atoms with Crippen molar-refractivity contribution in [2.24, 2.45) is 5.73 Å². The Morgan fingerprint density at radius 3 is 2.62 bits per heavy atom. The predicted octanol–water partition coefficient (Wildman–Crippen LogP) is 4.01. The predicted molar refractivity (Wildman–Crippen MR) is 69.0 cm³/mol. The second-order valence-electron chi connectivity index (χ2n) is 3.16. The molecule has 0 aliphatic heterocycles. The first kappa shape index (κ1) is 13.5. The number of benzene rings is 1. The van der Waals surface area contributed by atoms with E-state index < -0.39 is 6.04 Å². The van der Waals surface area contributed by atoms with Gasteiger partial charge in [0.05, 0.1) is 6.04 Å². The van der Waals surface area contributed by atoms with Crippen LogP contribution in [0.25, 0.3) is 0 Å². The van der Waals surface area contributed by atoms with Gasteiger partial charge in [-0.2, -0.15) is 0 Å². The lowest BCUT2D eigenvalue weighted by Crippen LogP contribution is -2.11. The summed E-state index contributed by atoms with van der Waals surface area (Å²) >= 11 is 7.18. The topological polar surface area (TPSA) is 26.0 Å². The number of rotatable bonds is 2. The highest BCUT2D eigenvalue weighted by Gasteiger charge is 2.14. The molecule has 0 amide bonds. The number of halogens is 3. The molecule has 1 heterocycles. The summed E-state index contributed by atoms with van der Waals surface area (Å²) in [6, 6.07) is 7.93. The summed E-state index contributed by atoms with van der Waals surface area (Å²) in [6.07, 6.45) is 0. The molecule has 0 aliphatic carbocycles. The lowest BCUT2D eigenvalue weighted by molar-refractivity contribution is 0.601. The molecule has 86 valence electrons. The summed E-state index contributed by atoms with van der Waals surface area (Å²) in [4.78, 5) is 0.941. The molecule has 2 aromatic rings. The fourth-order valence-electron chi connectivity index (χ4n) is 1.38. The van der Waals surface area contributed by atoms with Gasteiger partial charge in [0.15, 0.2) is 0 Å². The number of hydrogen-bond donors (Lipinski definition) is 1. The molecule has 16 heavy (non-hydrogen) atoms. The monoisotopic (exact) mass is 277 g/mol. The van der Waals surface area contributed by atoms with Crippen LogP contribution in [-0.4, -0.2) is 0 Å². The van der Waals surface area contributed by atoms with Gasteiger partial charge in [-0.05, 0) is 23.6 Å². The molecule has 0 aliphatic rings. The Hall–Kier alpha value is -0.610. The van der Waals surface area contributed by atoms with Crippen molar-refractivity contribution < 1.29 is 4.39 Å². The fourth-order valence-corrected chi connectivity index (χ4v) is 2.28.